The van der Waals surface area contributed by atoms with E-state index in [1.54, 1.807) is 6.92 Å². The number of esters is 1. The third-order valence-electron chi connectivity index (χ3n) is 5.24. The summed E-state index contributed by atoms with van der Waals surface area (Å²) in [6.07, 6.45) is 1.22. The van der Waals surface area contributed by atoms with Gasteiger partial charge in [-0.15, -0.1) is 10.2 Å². The highest BCUT2D eigenvalue weighted by Gasteiger charge is 2.51. The van der Waals surface area contributed by atoms with Gasteiger partial charge in [-0.05, 0) is 29.8 Å². The Morgan fingerprint density at radius 3 is 2.56 bits per heavy atom. The summed E-state index contributed by atoms with van der Waals surface area (Å²) in [6.45, 7) is 2.87. The van der Waals surface area contributed by atoms with Gasteiger partial charge >= 0.3 is 11.7 Å². The molecule has 1 aliphatic heterocycles. The van der Waals surface area contributed by atoms with Gasteiger partial charge in [0.05, 0.1) is 22.9 Å². The largest absolute Gasteiger partial charge is 0.452 e. The number of Topliss-reactive ketones (excluding diaryl/α,β-unsaturated/α-hetero) is 1. The van der Waals surface area contributed by atoms with Crippen molar-refractivity contribution in [2.24, 2.45) is 11.8 Å². The Bertz CT molecular complexity index is 1090. The van der Waals surface area contributed by atoms with E-state index < -0.39 is 46.3 Å². The number of β-lactam (4-membered cyclic amide) rings is 1. The van der Waals surface area contributed by atoms with Crippen LogP contribution in [0.3, 0.4) is 0 Å². The molecule has 14 nitrogen and oxygen atoms in total. The molecule has 1 aromatic heterocycles. The number of ether oxygens (including phenoxy) is 1. The minimum absolute atomic E-state index is 0.130. The molecule has 1 amide bonds. The summed E-state index contributed by atoms with van der Waals surface area (Å²) in [5.74, 6) is -3.89. The van der Waals surface area contributed by atoms with Gasteiger partial charge in [-0.25, -0.2) is 4.79 Å². The van der Waals surface area contributed by atoms with E-state index in [0.29, 0.717) is 5.56 Å². The molecule has 2 aromatic rings. The summed E-state index contributed by atoms with van der Waals surface area (Å²) in [4.78, 5) is 51.3. The van der Waals surface area contributed by atoms with Crippen molar-refractivity contribution in [3.05, 3.63) is 51.8 Å². The minimum atomic E-state index is -1.17. The maximum Gasteiger partial charge on any atom is 0.441 e. The first kappa shape index (κ1) is 22.4. The molecular formula is C18H18N8O6. The van der Waals surface area contributed by atoms with Crippen LogP contribution < -0.4 is 5.32 Å². The first-order valence-corrected chi connectivity index (χ1v) is 9.44. The lowest BCUT2D eigenvalue weighted by Gasteiger charge is -2.41. The molecule has 1 saturated heterocycles. The molecule has 1 aromatic carbocycles. The highest BCUT2D eigenvalue weighted by Crippen LogP contribution is 2.31. The molecule has 3 rings (SSSR count). The average Bonchev–Trinajstić information content (AvgIpc) is 3.31. The van der Waals surface area contributed by atoms with Crippen LogP contribution in [0, 0.1) is 22.0 Å². The van der Waals surface area contributed by atoms with Gasteiger partial charge in [-0.2, -0.15) is 9.59 Å². The van der Waals surface area contributed by atoms with Gasteiger partial charge in [0, 0.05) is 18.1 Å². The van der Waals surface area contributed by atoms with Gasteiger partial charge in [0.1, 0.15) is 6.61 Å². The van der Waals surface area contributed by atoms with Crippen LogP contribution in [0.25, 0.3) is 5.53 Å². The molecule has 0 spiro atoms. The number of amides is 1. The van der Waals surface area contributed by atoms with Crippen LogP contribution in [0.15, 0.2) is 30.6 Å². The van der Waals surface area contributed by atoms with Crippen molar-refractivity contribution >= 4 is 29.1 Å². The molecule has 1 fully saturated rings. The minimum Gasteiger partial charge on any atom is -0.452 e. The van der Waals surface area contributed by atoms with Crippen molar-refractivity contribution in [3.63, 3.8) is 0 Å². The van der Waals surface area contributed by atoms with Crippen LogP contribution >= 0.6 is 0 Å². The molecule has 1 aliphatic rings. The normalized spacial score (nSPS) is 19.0. The zero-order valence-corrected chi connectivity index (χ0v) is 17.0. The second-order valence-electron chi connectivity index (χ2n) is 7.16. The van der Waals surface area contributed by atoms with E-state index in [0.717, 1.165) is 0 Å². The van der Waals surface area contributed by atoms with E-state index in [1.165, 1.54) is 42.3 Å². The van der Waals surface area contributed by atoms with Crippen molar-refractivity contribution in [2.75, 3.05) is 0 Å². The van der Waals surface area contributed by atoms with Gasteiger partial charge in [0.15, 0.2) is 6.33 Å². The average molecular weight is 442 g/mol. The van der Waals surface area contributed by atoms with Gasteiger partial charge in [-0.3, -0.25) is 19.7 Å². The molecule has 4 atom stereocenters. The van der Waals surface area contributed by atoms with Crippen LogP contribution in [0.2, 0.25) is 0 Å². The first-order valence-electron chi connectivity index (χ1n) is 9.44. The van der Waals surface area contributed by atoms with Gasteiger partial charge < -0.3 is 15.6 Å². The number of nitrogens with one attached hydrogen (secondary N) is 1. The van der Waals surface area contributed by atoms with Crippen LogP contribution in [-0.2, 0) is 25.7 Å². The SMILES string of the molecule is CC(C(=O)C(=[N+]=[N-])C(=O)OCc1ccc([N+](=O)[O-])cc1)[C@H]1NC(=O)[C@@H]1[C@@H](C)n1ncnn1. The van der Waals surface area contributed by atoms with Crippen molar-refractivity contribution in [2.45, 2.75) is 32.5 Å². The smallest absolute Gasteiger partial charge is 0.441 e. The zero-order chi connectivity index (χ0) is 23.4. The summed E-state index contributed by atoms with van der Waals surface area (Å²) in [5, 5.41) is 24.5. The van der Waals surface area contributed by atoms with Gasteiger partial charge in [0.2, 0.25) is 5.91 Å². The Morgan fingerprint density at radius 2 is 2.03 bits per heavy atom. The number of nitrogens with zero attached hydrogens (tertiary/aromatic N) is 7. The predicted molar refractivity (Wildman–Crippen MR) is 104 cm³/mol. The quantitative estimate of drug-likeness (QED) is 0.0804. The molecular weight excluding hydrogens is 424 g/mol. The van der Waals surface area contributed by atoms with Crippen molar-refractivity contribution < 1.29 is 28.8 Å². The van der Waals surface area contributed by atoms with E-state index in [4.69, 9.17) is 4.74 Å². The molecule has 1 N–H and O–H groups in total. The molecule has 0 bridgehead atoms. The Kier molecular flexibility index (Phi) is 6.45. The summed E-state index contributed by atoms with van der Waals surface area (Å²) < 4.78 is 5.00. The number of carbonyl (C=O) groups is 3. The molecule has 0 saturated carbocycles. The molecule has 0 radical (unpaired) electrons. The number of hydrogen-bond donors (Lipinski definition) is 1. The second kappa shape index (κ2) is 9.22. The van der Waals surface area contributed by atoms with E-state index in [-0.39, 0.29) is 18.2 Å². The number of aromatic nitrogens is 4. The number of tetrazole rings is 1. The van der Waals surface area contributed by atoms with Gasteiger partial charge in [0.25, 0.3) is 11.5 Å². The fourth-order valence-corrected chi connectivity index (χ4v) is 3.38. The summed E-state index contributed by atoms with van der Waals surface area (Å²) in [7, 11) is 0. The van der Waals surface area contributed by atoms with E-state index in [1.807, 2.05) is 0 Å². The third-order valence-corrected chi connectivity index (χ3v) is 5.24. The number of benzene rings is 1. The monoisotopic (exact) mass is 442 g/mol. The fraction of sp³-hybridized carbons (Fsp3) is 0.389. The maximum atomic E-state index is 12.8. The predicted octanol–water partition coefficient (Wildman–Crippen LogP) is -0.124. The Balaban J connectivity index is 1.64. The number of rotatable bonds is 9. The van der Waals surface area contributed by atoms with Crippen LogP contribution in [0.4, 0.5) is 5.69 Å². The Labute approximate surface area is 180 Å². The number of ketones is 1. The van der Waals surface area contributed by atoms with Crippen LogP contribution in [-0.4, -0.2) is 59.3 Å². The molecule has 32 heavy (non-hydrogen) atoms. The highest BCUT2D eigenvalue weighted by molar-refractivity contribution is 6.62. The number of nitro groups is 1. The van der Waals surface area contributed by atoms with Crippen molar-refractivity contribution in [3.8, 4) is 0 Å². The third kappa shape index (κ3) is 4.39. The second-order valence-corrected chi connectivity index (χ2v) is 7.16. The molecule has 0 aliphatic carbocycles. The highest BCUT2D eigenvalue weighted by atomic mass is 16.6. The lowest BCUT2D eigenvalue weighted by molar-refractivity contribution is -0.384. The lowest BCUT2D eigenvalue weighted by Crippen LogP contribution is -2.65. The molecule has 166 valence electrons. The van der Waals surface area contributed by atoms with Crippen molar-refractivity contribution in [1.82, 2.24) is 25.5 Å². The molecule has 2 heterocycles. The van der Waals surface area contributed by atoms with E-state index in [2.05, 4.69) is 25.5 Å². The van der Waals surface area contributed by atoms with Crippen LogP contribution in [0.1, 0.15) is 25.5 Å². The number of non-ortho nitro benzene ring substituents is 1. The fourth-order valence-electron chi connectivity index (χ4n) is 3.38. The Morgan fingerprint density at radius 1 is 1.34 bits per heavy atom. The summed E-state index contributed by atoms with van der Waals surface area (Å²) in [5.41, 5.74) is 8.71. The molecule has 1 unspecified atom stereocenters. The standard InChI is InChI=1S/C18H18N8O6/c1-9(14-13(17(28)22-14)10(2)25-21-8-20-24-25)16(27)15(23-19)18(29)32-7-11-3-5-12(6-4-11)26(30)31/h3-6,8-10,13-14H,7H2,1-2H3,(H,22,28)/t9?,10-,13-,14-/m1/s1. The first-order chi connectivity index (χ1) is 15.2. The van der Waals surface area contributed by atoms with Gasteiger partial charge in [-0.1, -0.05) is 6.92 Å². The number of nitro benzene ring substituents is 1. The molecule has 14 heteroatoms. The Hall–Kier alpha value is -4.32. The zero-order valence-electron chi connectivity index (χ0n) is 17.0. The summed E-state index contributed by atoms with van der Waals surface area (Å²) >= 11 is 0. The number of carbonyl (C=O) groups excluding carboxylic acids is 3. The topological polar surface area (TPSA) is 196 Å². The van der Waals surface area contributed by atoms with Crippen molar-refractivity contribution in [1.29, 1.82) is 0 Å². The van der Waals surface area contributed by atoms with E-state index in [9.17, 15) is 30.0 Å². The maximum absolute atomic E-state index is 12.8. The lowest BCUT2D eigenvalue weighted by atomic mass is 9.76. The van der Waals surface area contributed by atoms with Crippen LogP contribution in [0.5, 0.6) is 0 Å². The summed E-state index contributed by atoms with van der Waals surface area (Å²) in [6, 6.07) is 4.09. The van der Waals surface area contributed by atoms with E-state index >= 15 is 0 Å². The number of hydrogen-bond acceptors (Lipinski definition) is 9.